The number of carbonyl (C=O) groups is 3. The molecule has 0 unspecified atom stereocenters. The molecule has 5 aliphatic rings. The number of nitrogens with one attached hydrogen (secondary N) is 1. The summed E-state index contributed by atoms with van der Waals surface area (Å²) in [5.41, 5.74) is -0.0195. The lowest BCUT2D eigenvalue weighted by Crippen LogP contribution is -2.70. The minimum Gasteiger partial charge on any atom is -0.508 e. The summed E-state index contributed by atoms with van der Waals surface area (Å²) < 4.78 is 23.5. The van der Waals surface area contributed by atoms with Gasteiger partial charge in [0.05, 0.1) is 13.0 Å². The number of fused-ring (bicyclic) bond motifs is 2. The molecule has 1 amide bonds. The fourth-order valence-electron chi connectivity index (χ4n) is 6.98. The van der Waals surface area contributed by atoms with Crippen LogP contribution in [0, 0.1) is 23.7 Å². The van der Waals surface area contributed by atoms with Gasteiger partial charge < -0.3 is 29.4 Å². The predicted octanol–water partition coefficient (Wildman–Crippen LogP) is 3.51. The highest BCUT2D eigenvalue weighted by Gasteiger charge is 2.69. The molecular formula is C30H41NO10. The van der Waals surface area contributed by atoms with Crippen molar-refractivity contribution < 1.29 is 48.2 Å². The summed E-state index contributed by atoms with van der Waals surface area (Å²) in [5.74, 6) is -2.02. The molecule has 1 spiro atoms. The fourth-order valence-corrected chi connectivity index (χ4v) is 6.98. The Labute approximate surface area is 240 Å². The van der Waals surface area contributed by atoms with Crippen LogP contribution in [-0.4, -0.2) is 59.6 Å². The molecule has 0 aromatic heterocycles. The number of amides is 1. The molecule has 1 aromatic rings. The second-order valence-electron chi connectivity index (χ2n) is 12.0. The van der Waals surface area contributed by atoms with E-state index in [9.17, 15) is 19.5 Å². The van der Waals surface area contributed by atoms with Crippen LogP contribution < -0.4 is 5.32 Å². The second kappa shape index (κ2) is 11.9. The van der Waals surface area contributed by atoms with Crippen molar-refractivity contribution in [2.24, 2.45) is 23.7 Å². The Kier molecular flexibility index (Phi) is 8.61. The van der Waals surface area contributed by atoms with Gasteiger partial charge in [-0.1, -0.05) is 26.0 Å². The van der Waals surface area contributed by atoms with Gasteiger partial charge in [0.25, 0.3) is 0 Å². The number of hydrogen-bond donors (Lipinski definition) is 2. The lowest BCUT2D eigenvalue weighted by molar-refractivity contribution is -0.576. The van der Waals surface area contributed by atoms with E-state index in [1.54, 1.807) is 19.1 Å². The predicted molar refractivity (Wildman–Crippen MR) is 143 cm³/mol. The number of aromatic hydroxyl groups is 1. The van der Waals surface area contributed by atoms with Gasteiger partial charge in [-0.2, -0.15) is 0 Å². The van der Waals surface area contributed by atoms with Crippen LogP contribution >= 0.6 is 0 Å². The number of benzene rings is 1. The van der Waals surface area contributed by atoms with Gasteiger partial charge in [0, 0.05) is 31.1 Å². The van der Waals surface area contributed by atoms with Gasteiger partial charge in [0.15, 0.2) is 11.9 Å². The molecule has 1 saturated carbocycles. The summed E-state index contributed by atoms with van der Waals surface area (Å²) in [7, 11) is 0. The molecule has 2 bridgehead atoms. The fraction of sp³-hybridized carbons (Fsp3) is 0.700. The average Bonchev–Trinajstić information content (AvgIpc) is 3.17. The van der Waals surface area contributed by atoms with Crippen LogP contribution in [0.4, 0.5) is 0 Å². The van der Waals surface area contributed by atoms with Gasteiger partial charge in [-0.05, 0) is 62.6 Å². The molecule has 11 heteroatoms. The first-order valence-corrected chi connectivity index (χ1v) is 14.7. The van der Waals surface area contributed by atoms with Gasteiger partial charge in [-0.15, -0.1) is 0 Å². The monoisotopic (exact) mass is 575 g/mol. The second-order valence-corrected chi connectivity index (χ2v) is 12.0. The van der Waals surface area contributed by atoms with Crippen molar-refractivity contribution in [3.63, 3.8) is 0 Å². The Hall–Kier alpha value is -2.73. The van der Waals surface area contributed by atoms with Gasteiger partial charge in [0.2, 0.25) is 18.0 Å². The molecule has 41 heavy (non-hydrogen) atoms. The molecule has 1 aromatic carbocycles. The Balaban J connectivity index is 1.19. The SMILES string of the molecule is CCOC(=O)[C@@H](Cc1ccc(O)cc1)NC(=O)CCC(=O)O[C@@H]1O[C@@H]2O[C@]3(C)CC[C@H]4[C@H](C)CC[C@@H]([C@H]1C)[C@@]24OO3. The standard InChI is InChI=1S/C30H41NO10/c1-5-36-26(35)23(16-19-7-9-20(32)10-8-19)31-24(33)12-13-25(34)37-27-18(3)22-11-6-17(2)21-14-15-29(4)39-28(38-27)30(21,22)41-40-29/h7-10,17-18,21-23,27-28,32H,5-6,11-16H2,1-4H3,(H,31,33)/t17-,18-,21+,22+,23-,27-,28-,29+,30-/m1/s1. The summed E-state index contributed by atoms with van der Waals surface area (Å²) in [4.78, 5) is 50.0. The number of hydrogen-bond acceptors (Lipinski definition) is 10. The average molecular weight is 576 g/mol. The Morgan fingerprint density at radius 3 is 2.56 bits per heavy atom. The van der Waals surface area contributed by atoms with E-state index in [-0.39, 0.29) is 49.4 Å². The molecule has 4 saturated heterocycles. The molecular weight excluding hydrogens is 534 g/mol. The van der Waals surface area contributed by atoms with Crippen molar-refractivity contribution in [3.05, 3.63) is 29.8 Å². The van der Waals surface area contributed by atoms with Crippen LogP contribution in [0.3, 0.4) is 0 Å². The van der Waals surface area contributed by atoms with Crippen LogP contribution in [-0.2, 0) is 49.5 Å². The maximum absolute atomic E-state index is 12.9. The van der Waals surface area contributed by atoms with E-state index in [4.69, 9.17) is 28.7 Å². The quantitative estimate of drug-likeness (QED) is 0.332. The number of ether oxygens (including phenoxy) is 4. The minimum absolute atomic E-state index is 0.0106. The van der Waals surface area contributed by atoms with Crippen molar-refractivity contribution in [1.82, 2.24) is 5.32 Å². The molecule has 4 aliphatic heterocycles. The van der Waals surface area contributed by atoms with Gasteiger partial charge in [-0.3, -0.25) is 9.59 Å². The zero-order valence-corrected chi connectivity index (χ0v) is 24.1. The lowest BCUT2D eigenvalue weighted by Gasteiger charge is -2.59. The molecule has 1 aliphatic carbocycles. The Bertz CT molecular complexity index is 1130. The van der Waals surface area contributed by atoms with Crippen molar-refractivity contribution in [3.8, 4) is 5.75 Å². The molecule has 4 heterocycles. The number of phenols is 1. The Morgan fingerprint density at radius 1 is 1.07 bits per heavy atom. The van der Waals surface area contributed by atoms with Gasteiger partial charge in [0.1, 0.15) is 11.8 Å². The Morgan fingerprint density at radius 2 is 1.83 bits per heavy atom. The van der Waals surface area contributed by atoms with Crippen molar-refractivity contribution in [1.29, 1.82) is 0 Å². The molecule has 5 fully saturated rings. The van der Waals surface area contributed by atoms with Crippen LogP contribution in [0.1, 0.15) is 71.8 Å². The van der Waals surface area contributed by atoms with E-state index in [2.05, 4.69) is 12.2 Å². The van der Waals surface area contributed by atoms with E-state index in [1.165, 1.54) is 12.1 Å². The molecule has 9 atom stereocenters. The first kappa shape index (κ1) is 29.8. The first-order valence-electron chi connectivity index (χ1n) is 14.7. The summed E-state index contributed by atoms with van der Waals surface area (Å²) in [6.45, 7) is 7.90. The van der Waals surface area contributed by atoms with Crippen LogP contribution in [0.5, 0.6) is 5.75 Å². The van der Waals surface area contributed by atoms with E-state index in [0.29, 0.717) is 12.3 Å². The minimum atomic E-state index is -0.936. The normalized spacial score (nSPS) is 36.4. The van der Waals surface area contributed by atoms with E-state index in [1.807, 2.05) is 13.8 Å². The van der Waals surface area contributed by atoms with Crippen LogP contribution in [0.25, 0.3) is 0 Å². The molecule has 226 valence electrons. The third-order valence-electron chi connectivity index (χ3n) is 9.18. The molecule has 6 rings (SSSR count). The van der Waals surface area contributed by atoms with Gasteiger partial charge in [-0.25, -0.2) is 14.6 Å². The summed E-state index contributed by atoms with van der Waals surface area (Å²) in [6, 6.07) is 5.40. The largest absolute Gasteiger partial charge is 0.508 e. The zero-order chi connectivity index (χ0) is 29.4. The van der Waals surface area contributed by atoms with E-state index < -0.39 is 47.9 Å². The van der Waals surface area contributed by atoms with Crippen molar-refractivity contribution in [2.45, 2.75) is 103 Å². The van der Waals surface area contributed by atoms with E-state index in [0.717, 1.165) is 24.8 Å². The summed E-state index contributed by atoms with van der Waals surface area (Å²) >= 11 is 0. The number of phenolic OH excluding ortho intramolecular Hbond substituents is 1. The van der Waals surface area contributed by atoms with Crippen LogP contribution in [0.2, 0.25) is 0 Å². The zero-order valence-electron chi connectivity index (χ0n) is 24.1. The molecule has 0 radical (unpaired) electrons. The van der Waals surface area contributed by atoms with Crippen molar-refractivity contribution >= 4 is 17.8 Å². The summed E-state index contributed by atoms with van der Waals surface area (Å²) in [5, 5.41) is 12.2. The van der Waals surface area contributed by atoms with Crippen molar-refractivity contribution in [2.75, 3.05) is 6.61 Å². The maximum Gasteiger partial charge on any atom is 0.328 e. The first-order chi connectivity index (χ1) is 19.5. The molecule has 2 N–H and O–H groups in total. The third kappa shape index (κ3) is 5.95. The highest BCUT2D eigenvalue weighted by atomic mass is 17.3. The van der Waals surface area contributed by atoms with E-state index >= 15 is 0 Å². The summed E-state index contributed by atoms with van der Waals surface area (Å²) in [6.07, 6.45) is 1.72. The van der Waals surface area contributed by atoms with Crippen LogP contribution in [0.15, 0.2) is 24.3 Å². The number of esters is 2. The molecule has 11 nitrogen and oxygen atoms in total. The highest BCUT2D eigenvalue weighted by Crippen LogP contribution is 2.60. The topological polar surface area (TPSA) is 139 Å². The maximum atomic E-state index is 12.9. The number of carbonyl (C=O) groups excluding carboxylic acids is 3. The smallest absolute Gasteiger partial charge is 0.328 e. The third-order valence-corrected chi connectivity index (χ3v) is 9.18. The highest BCUT2D eigenvalue weighted by molar-refractivity contribution is 5.86. The van der Waals surface area contributed by atoms with Gasteiger partial charge >= 0.3 is 11.9 Å². The number of rotatable bonds is 9. The lowest BCUT2D eigenvalue weighted by atomic mass is 9.58.